The summed E-state index contributed by atoms with van der Waals surface area (Å²) in [5, 5.41) is 2.66. The van der Waals surface area contributed by atoms with Crippen LogP contribution in [0.1, 0.15) is 28.7 Å². The molecule has 2 aromatic rings. The number of guanidine groups is 1. The van der Waals surface area contributed by atoms with Crippen LogP contribution in [-0.4, -0.2) is 47.4 Å². The van der Waals surface area contributed by atoms with Gasteiger partial charge in [0.25, 0.3) is 5.91 Å². The van der Waals surface area contributed by atoms with Gasteiger partial charge in [-0.05, 0) is 37.6 Å². The summed E-state index contributed by atoms with van der Waals surface area (Å²) < 4.78 is 25.6. The molecule has 1 amide bonds. The SMILES string of the molecule is Cc1ccc(C(=O)Nc2cccc([C@]3(C)CS(=O)(=O)N(C)C(N)=N3)n2)nc1. The van der Waals surface area contributed by atoms with E-state index < -0.39 is 21.5 Å². The molecule has 10 heteroatoms. The molecule has 0 bridgehead atoms. The number of aromatic nitrogens is 2. The highest BCUT2D eigenvalue weighted by atomic mass is 32.2. The molecule has 27 heavy (non-hydrogen) atoms. The molecule has 0 spiro atoms. The molecule has 0 saturated carbocycles. The van der Waals surface area contributed by atoms with E-state index in [2.05, 4.69) is 20.3 Å². The summed E-state index contributed by atoms with van der Waals surface area (Å²) in [7, 11) is -2.26. The fourth-order valence-corrected chi connectivity index (χ4v) is 4.11. The van der Waals surface area contributed by atoms with Crippen molar-refractivity contribution in [1.82, 2.24) is 14.3 Å². The zero-order chi connectivity index (χ0) is 19.8. The number of hydrogen-bond donors (Lipinski definition) is 2. The normalized spacial score (nSPS) is 21.4. The molecule has 1 atom stereocenters. The summed E-state index contributed by atoms with van der Waals surface area (Å²) in [6.45, 7) is 3.52. The Morgan fingerprint density at radius 1 is 1.30 bits per heavy atom. The molecule has 1 aliphatic heterocycles. The summed E-state index contributed by atoms with van der Waals surface area (Å²) in [6.07, 6.45) is 1.60. The van der Waals surface area contributed by atoms with Crippen LogP contribution in [0.5, 0.6) is 0 Å². The van der Waals surface area contributed by atoms with E-state index in [1.807, 2.05) is 6.92 Å². The zero-order valence-corrected chi connectivity index (χ0v) is 16.0. The van der Waals surface area contributed by atoms with Gasteiger partial charge >= 0.3 is 0 Å². The fraction of sp³-hybridized carbons (Fsp3) is 0.294. The number of nitrogens with one attached hydrogen (secondary N) is 1. The molecule has 0 fully saturated rings. The summed E-state index contributed by atoms with van der Waals surface area (Å²) >= 11 is 0. The smallest absolute Gasteiger partial charge is 0.275 e. The van der Waals surface area contributed by atoms with Gasteiger partial charge in [0.05, 0.1) is 5.69 Å². The second-order valence-corrected chi connectivity index (χ2v) is 8.55. The maximum absolute atomic E-state index is 12.3. The monoisotopic (exact) mass is 388 g/mol. The van der Waals surface area contributed by atoms with Crippen molar-refractivity contribution in [2.75, 3.05) is 18.1 Å². The van der Waals surface area contributed by atoms with Gasteiger partial charge in [-0.25, -0.2) is 22.7 Å². The van der Waals surface area contributed by atoms with Crippen LogP contribution in [0.15, 0.2) is 41.5 Å². The van der Waals surface area contributed by atoms with E-state index >= 15 is 0 Å². The van der Waals surface area contributed by atoms with Crippen molar-refractivity contribution in [1.29, 1.82) is 0 Å². The topological polar surface area (TPSA) is 131 Å². The van der Waals surface area contributed by atoms with Gasteiger partial charge in [0.1, 0.15) is 22.8 Å². The molecule has 3 heterocycles. The van der Waals surface area contributed by atoms with Crippen molar-refractivity contribution >= 4 is 27.7 Å². The minimum atomic E-state index is -3.61. The highest BCUT2D eigenvalue weighted by molar-refractivity contribution is 7.89. The molecule has 2 aromatic heterocycles. The highest BCUT2D eigenvalue weighted by Gasteiger charge is 2.41. The number of aryl methyl sites for hydroxylation is 1. The third-order valence-electron chi connectivity index (χ3n) is 4.25. The van der Waals surface area contributed by atoms with Gasteiger partial charge in [-0.15, -0.1) is 0 Å². The lowest BCUT2D eigenvalue weighted by Crippen LogP contribution is -2.50. The Morgan fingerprint density at radius 2 is 2.04 bits per heavy atom. The standard InChI is InChI=1S/C17H20N6O3S/c1-11-7-8-12(19-9-11)15(24)21-14-6-4-5-13(20-14)17(2)10-27(25,26)23(3)16(18)22-17/h4-9H,10H2,1-3H3,(H2,18,22)(H,20,21,24)/t17-/m0/s1. The zero-order valence-electron chi connectivity index (χ0n) is 15.2. The quantitative estimate of drug-likeness (QED) is 0.801. The lowest BCUT2D eigenvalue weighted by atomic mass is 10.0. The Hall–Kier alpha value is -3.01. The number of pyridine rings is 2. The number of nitrogens with two attached hydrogens (primary N) is 1. The average molecular weight is 388 g/mol. The van der Waals surface area contributed by atoms with Gasteiger partial charge in [-0.1, -0.05) is 12.1 Å². The minimum absolute atomic E-state index is 0.108. The van der Waals surface area contributed by atoms with Gasteiger partial charge in [0, 0.05) is 13.2 Å². The Balaban J connectivity index is 1.89. The second-order valence-electron chi connectivity index (χ2n) is 6.55. The molecule has 0 aliphatic carbocycles. The van der Waals surface area contributed by atoms with E-state index in [1.165, 1.54) is 7.05 Å². The van der Waals surface area contributed by atoms with Crippen molar-refractivity contribution in [2.45, 2.75) is 19.4 Å². The van der Waals surface area contributed by atoms with Crippen LogP contribution >= 0.6 is 0 Å². The number of aliphatic imine (C=N–C) groups is 1. The molecule has 9 nitrogen and oxygen atoms in total. The number of anilines is 1. The van der Waals surface area contributed by atoms with Crippen LogP contribution in [-0.2, 0) is 15.6 Å². The first-order valence-electron chi connectivity index (χ1n) is 8.14. The molecular formula is C17H20N6O3S. The Kier molecular flexibility index (Phi) is 4.60. The van der Waals surface area contributed by atoms with Crippen molar-refractivity contribution in [3.05, 3.63) is 53.5 Å². The first kappa shape index (κ1) is 18.8. The second kappa shape index (κ2) is 6.62. The van der Waals surface area contributed by atoms with E-state index in [1.54, 1.807) is 43.5 Å². The Labute approximate surface area is 157 Å². The van der Waals surface area contributed by atoms with Crippen LogP contribution in [0, 0.1) is 6.92 Å². The average Bonchev–Trinajstić information content (AvgIpc) is 2.60. The number of rotatable bonds is 3. The molecule has 0 unspecified atom stereocenters. The summed E-state index contributed by atoms with van der Waals surface area (Å²) in [5.41, 5.74) is 6.19. The third kappa shape index (κ3) is 3.75. The lowest BCUT2D eigenvalue weighted by Gasteiger charge is -2.33. The first-order chi connectivity index (χ1) is 12.6. The number of sulfonamides is 1. The number of amides is 1. The van der Waals surface area contributed by atoms with E-state index in [0.717, 1.165) is 9.87 Å². The van der Waals surface area contributed by atoms with Crippen molar-refractivity contribution in [3.8, 4) is 0 Å². The lowest BCUT2D eigenvalue weighted by molar-refractivity contribution is 0.102. The molecule has 0 radical (unpaired) electrons. The summed E-state index contributed by atoms with van der Waals surface area (Å²) in [4.78, 5) is 25.1. The molecule has 3 N–H and O–H groups in total. The van der Waals surface area contributed by atoms with E-state index in [-0.39, 0.29) is 23.2 Å². The van der Waals surface area contributed by atoms with E-state index in [9.17, 15) is 13.2 Å². The predicted molar refractivity (Wildman–Crippen MR) is 102 cm³/mol. The third-order valence-corrected chi connectivity index (χ3v) is 6.20. The molecule has 3 rings (SSSR count). The maximum atomic E-state index is 12.3. The Bertz CT molecular complexity index is 1020. The van der Waals surface area contributed by atoms with Crippen LogP contribution in [0.3, 0.4) is 0 Å². The first-order valence-corrected chi connectivity index (χ1v) is 9.75. The predicted octanol–water partition coefficient (Wildman–Crippen LogP) is 0.842. The van der Waals surface area contributed by atoms with E-state index in [4.69, 9.17) is 5.73 Å². The largest absolute Gasteiger partial charge is 0.369 e. The van der Waals surface area contributed by atoms with Gasteiger partial charge in [0.15, 0.2) is 0 Å². The number of carbonyl (C=O) groups is 1. The van der Waals surface area contributed by atoms with E-state index in [0.29, 0.717) is 5.69 Å². The van der Waals surface area contributed by atoms with Crippen LogP contribution in [0.2, 0.25) is 0 Å². The van der Waals surface area contributed by atoms with Gasteiger partial charge < -0.3 is 11.1 Å². The number of nitrogens with zero attached hydrogens (tertiary/aromatic N) is 4. The number of carbonyl (C=O) groups excluding carboxylic acids is 1. The molecular weight excluding hydrogens is 368 g/mol. The van der Waals surface area contributed by atoms with Crippen molar-refractivity contribution < 1.29 is 13.2 Å². The molecule has 1 aliphatic rings. The van der Waals surface area contributed by atoms with Gasteiger partial charge in [-0.2, -0.15) is 0 Å². The molecule has 0 aromatic carbocycles. The van der Waals surface area contributed by atoms with Crippen molar-refractivity contribution in [3.63, 3.8) is 0 Å². The summed E-state index contributed by atoms with van der Waals surface area (Å²) in [5.74, 6) is -0.528. The molecule has 142 valence electrons. The van der Waals surface area contributed by atoms with Gasteiger partial charge in [0.2, 0.25) is 16.0 Å². The maximum Gasteiger partial charge on any atom is 0.275 e. The highest BCUT2D eigenvalue weighted by Crippen LogP contribution is 2.31. The Morgan fingerprint density at radius 3 is 2.67 bits per heavy atom. The van der Waals surface area contributed by atoms with Crippen LogP contribution in [0.4, 0.5) is 5.82 Å². The summed E-state index contributed by atoms with van der Waals surface area (Å²) in [6, 6.07) is 8.33. The van der Waals surface area contributed by atoms with Crippen LogP contribution in [0.25, 0.3) is 0 Å². The van der Waals surface area contributed by atoms with Crippen molar-refractivity contribution in [2.24, 2.45) is 10.7 Å². The molecule has 0 saturated heterocycles. The van der Waals surface area contributed by atoms with Crippen LogP contribution < -0.4 is 11.1 Å². The number of hydrogen-bond acceptors (Lipinski definition) is 7. The minimum Gasteiger partial charge on any atom is -0.369 e. The van der Waals surface area contributed by atoms with Gasteiger partial charge in [-0.3, -0.25) is 9.78 Å². The fourth-order valence-electron chi connectivity index (χ4n) is 2.67.